The molecule has 2 rings (SSSR count). The lowest BCUT2D eigenvalue weighted by Gasteiger charge is -2.16. The minimum atomic E-state index is -0.281. The van der Waals surface area contributed by atoms with Crippen LogP contribution in [0.1, 0.15) is 16.7 Å². The third-order valence-electron chi connectivity index (χ3n) is 2.83. The molecule has 0 unspecified atom stereocenters. The Labute approximate surface area is 110 Å². The van der Waals surface area contributed by atoms with Crippen LogP contribution in [0.3, 0.4) is 0 Å². The zero-order valence-electron chi connectivity index (χ0n) is 10.6. The molecule has 0 spiro atoms. The van der Waals surface area contributed by atoms with Crippen molar-refractivity contribution < 1.29 is 0 Å². The molecule has 5 heteroatoms. The van der Waals surface area contributed by atoms with Crippen LogP contribution in [0, 0.1) is 25.5 Å². The molecule has 18 heavy (non-hydrogen) atoms. The molecule has 94 valence electrons. The van der Waals surface area contributed by atoms with Gasteiger partial charge in [0.25, 0.3) is 5.56 Å². The first-order valence-corrected chi connectivity index (χ1v) is 6.01. The number of aromatic amines is 1. The Hall–Kier alpha value is -1.88. The number of nitrogens with zero attached hydrogens (tertiary/aromatic N) is 1. The highest BCUT2D eigenvalue weighted by Crippen LogP contribution is 2.22. The second-order valence-corrected chi connectivity index (χ2v) is 4.83. The van der Waals surface area contributed by atoms with Crippen LogP contribution in [0.2, 0.25) is 0 Å². The molecular formula is C13H15N3OS. The van der Waals surface area contributed by atoms with Crippen LogP contribution in [-0.2, 0) is 0 Å². The third kappa shape index (κ3) is 2.09. The molecule has 0 aliphatic rings. The minimum Gasteiger partial charge on any atom is -0.385 e. The van der Waals surface area contributed by atoms with Gasteiger partial charge in [0, 0.05) is 6.07 Å². The first-order chi connectivity index (χ1) is 8.40. The van der Waals surface area contributed by atoms with Crippen molar-refractivity contribution in [1.82, 2.24) is 9.55 Å². The summed E-state index contributed by atoms with van der Waals surface area (Å²) in [5, 5.41) is 0. The fourth-order valence-corrected chi connectivity index (χ4v) is 2.57. The topological polar surface area (TPSA) is 63.8 Å². The van der Waals surface area contributed by atoms with Gasteiger partial charge in [0.2, 0.25) is 0 Å². The monoisotopic (exact) mass is 261 g/mol. The smallest absolute Gasteiger partial charge is 0.253 e. The lowest BCUT2D eigenvalue weighted by atomic mass is 10.0. The molecule has 0 atom stereocenters. The van der Waals surface area contributed by atoms with Gasteiger partial charge >= 0.3 is 0 Å². The molecular weight excluding hydrogens is 246 g/mol. The molecule has 0 amide bonds. The van der Waals surface area contributed by atoms with Gasteiger partial charge in [-0.3, -0.25) is 14.3 Å². The van der Waals surface area contributed by atoms with Crippen molar-refractivity contribution >= 4 is 18.0 Å². The Morgan fingerprint density at radius 2 is 1.72 bits per heavy atom. The first-order valence-electron chi connectivity index (χ1n) is 5.60. The van der Waals surface area contributed by atoms with Crippen LogP contribution in [-0.4, -0.2) is 9.55 Å². The summed E-state index contributed by atoms with van der Waals surface area (Å²) in [5.41, 5.74) is 9.88. The minimum absolute atomic E-state index is 0.281. The normalized spacial score (nSPS) is 10.6. The van der Waals surface area contributed by atoms with Crippen LogP contribution in [0.15, 0.2) is 23.0 Å². The lowest BCUT2D eigenvalue weighted by Crippen LogP contribution is -2.16. The summed E-state index contributed by atoms with van der Waals surface area (Å²) in [6.45, 7) is 6.04. The van der Waals surface area contributed by atoms with Gasteiger partial charge in [-0.15, -0.1) is 0 Å². The van der Waals surface area contributed by atoms with Crippen molar-refractivity contribution in [2.24, 2.45) is 0 Å². The molecule has 3 N–H and O–H groups in total. The van der Waals surface area contributed by atoms with Crippen molar-refractivity contribution in [3.8, 4) is 5.69 Å². The zero-order valence-corrected chi connectivity index (χ0v) is 11.4. The molecule has 0 saturated carbocycles. The Balaban J connectivity index is 2.86. The number of aromatic nitrogens is 2. The predicted octanol–water partition coefficient (Wildman–Crippen LogP) is 2.40. The molecule has 1 aromatic carbocycles. The fourth-order valence-electron chi connectivity index (χ4n) is 2.27. The summed E-state index contributed by atoms with van der Waals surface area (Å²) >= 11 is 5.19. The van der Waals surface area contributed by atoms with Gasteiger partial charge in [0.1, 0.15) is 5.82 Å². The number of nitrogens with one attached hydrogen (secondary N) is 1. The number of benzene rings is 1. The number of nitrogens with two attached hydrogens (primary N) is 1. The largest absolute Gasteiger partial charge is 0.385 e. The van der Waals surface area contributed by atoms with Gasteiger partial charge in [-0.25, -0.2) is 0 Å². The number of nitrogen functional groups attached to an aromatic ring is 1. The number of aryl methyl sites for hydroxylation is 3. The van der Waals surface area contributed by atoms with Crippen molar-refractivity contribution in [3.63, 3.8) is 0 Å². The second-order valence-electron chi connectivity index (χ2n) is 4.45. The first kappa shape index (κ1) is 12.6. The highest BCUT2D eigenvalue weighted by atomic mass is 32.1. The molecule has 2 aromatic rings. The third-order valence-corrected chi connectivity index (χ3v) is 3.11. The second kappa shape index (κ2) is 4.42. The molecule has 0 radical (unpaired) electrons. The highest BCUT2D eigenvalue weighted by molar-refractivity contribution is 7.71. The van der Waals surface area contributed by atoms with Crippen LogP contribution >= 0.6 is 12.2 Å². The van der Waals surface area contributed by atoms with E-state index >= 15 is 0 Å². The van der Waals surface area contributed by atoms with E-state index in [2.05, 4.69) is 17.1 Å². The molecule has 1 aromatic heterocycles. The maximum Gasteiger partial charge on any atom is 0.253 e. The number of rotatable bonds is 1. The van der Waals surface area contributed by atoms with Gasteiger partial charge in [-0.05, 0) is 44.1 Å². The summed E-state index contributed by atoms with van der Waals surface area (Å²) in [7, 11) is 0. The van der Waals surface area contributed by atoms with E-state index < -0.39 is 0 Å². The standard InChI is InChI=1S/C13H15N3OS/c1-7-4-8(2)12(9(3)5-7)16-10(14)6-11(17)15-13(16)18/h4-6H,14H2,1-3H3,(H,15,17,18). The van der Waals surface area contributed by atoms with Crippen molar-refractivity contribution in [2.75, 3.05) is 5.73 Å². The number of anilines is 1. The summed E-state index contributed by atoms with van der Waals surface area (Å²) < 4.78 is 2.01. The van der Waals surface area contributed by atoms with E-state index in [0.29, 0.717) is 10.6 Å². The van der Waals surface area contributed by atoms with Gasteiger partial charge in [0.15, 0.2) is 4.77 Å². The molecule has 0 fully saturated rings. The Bertz CT molecular complexity index is 705. The molecule has 0 bridgehead atoms. The van der Waals surface area contributed by atoms with Gasteiger partial charge < -0.3 is 5.73 Å². The maximum absolute atomic E-state index is 11.3. The molecule has 1 heterocycles. The van der Waals surface area contributed by atoms with Crippen LogP contribution in [0.25, 0.3) is 5.69 Å². The van der Waals surface area contributed by atoms with Gasteiger partial charge in [-0.1, -0.05) is 17.7 Å². The summed E-state index contributed by atoms with van der Waals surface area (Å²) in [6, 6.07) is 5.47. The van der Waals surface area contributed by atoms with Crippen molar-refractivity contribution in [2.45, 2.75) is 20.8 Å². The van der Waals surface area contributed by atoms with E-state index in [9.17, 15) is 4.79 Å². The van der Waals surface area contributed by atoms with E-state index in [0.717, 1.165) is 16.8 Å². The Kier molecular flexibility index (Phi) is 3.09. The highest BCUT2D eigenvalue weighted by Gasteiger charge is 2.09. The summed E-state index contributed by atoms with van der Waals surface area (Å²) in [4.78, 5) is 13.9. The zero-order chi connectivity index (χ0) is 13.4. The summed E-state index contributed by atoms with van der Waals surface area (Å²) in [6.07, 6.45) is 0. The quantitative estimate of drug-likeness (QED) is 0.775. The average molecular weight is 261 g/mol. The lowest BCUT2D eigenvalue weighted by molar-refractivity contribution is 0.932. The van der Waals surface area contributed by atoms with Crippen LogP contribution < -0.4 is 11.3 Å². The SMILES string of the molecule is Cc1cc(C)c(-n2c(N)cc(=O)[nH]c2=S)c(C)c1. The number of hydrogen-bond acceptors (Lipinski definition) is 3. The Morgan fingerprint density at radius 3 is 2.22 bits per heavy atom. The number of H-pyrrole nitrogens is 1. The molecule has 0 aliphatic carbocycles. The van der Waals surface area contributed by atoms with E-state index in [1.807, 2.05) is 20.8 Å². The van der Waals surface area contributed by atoms with Gasteiger partial charge in [-0.2, -0.15) is 0 Å². The van der Waals surface area contributed by atoms with Crippen LogP contribution in [0.4, 0.5) is 5.82 Å². The molecule has 0 saturated heterocycles. The fraction of sp³-hybridized carbons (Fsp3) is 0.231. The van der Waals surface area contributed by atoms with Crippen molar-refractivity contribution in [3.05, 3.63) is 50.0 Å². The van der Waals surface area contributed by atoms with Crippen LogP contribution in [0.5, 0.6) is 0 Å². The average Bonchev–Trinajstić information content (AvgIpc) is 2.20. The molecule has 4 nitrogen and oxygen atoms in total. The maximum atomic E-state index is 11.3. The van der Waals surface area contributed by atoms with E-state index in [4.69, 9.17) is 18.0 Å². The summed E-state index contributed by atoms with van der Waals surface area (Å²) in [5.74, 6) is 0.346. The molecule has 0 aliphatic heterocycles. The Morgan fingerprint density at radius 1 is 1.17 bits per heavy atom. The van der Waals surface area contributed by atoms with E-state index in [1.54, 1.807) is 4.57 Å². The van der Waals surface area contributed by atoms with E-state index in [1.165, 1.54) is 11.6 Å². The van der Waals surface area contributed by atoms with Crippen molar-refractivity contribution in [1.29, 1.82) is 0 Å². The van der Waals surface area contributed by atoms with E-state index in [-0.39, 0.29) is 5.56 Å². The number of hydrogen-bond donors (Lipinski definition) is 2. The predicted molar refractivity (Wildman–Crippen MR) is 75.8 cm³/mol. The van der Waals surface area contributed by atoms with Gasteiger partial charge in [0.05, 0.1) is 5.69 Å².